The molecule has 1 fully saturated rings. The van der Waals surface area contributed by atoms with E-state index >= 15 is 0 Å². The summed E-state index contributed by atoms with van der Waals surface area (Å²) in [6.07, 6.45) is 1.37. The highest BCUT2D eigenvalue weighted by molar-refractivity contribution is 5.85. The van der Waals surface area contributed by atoms with Crippen molar-refractivity contribution in [3.63, 3.8) is 0 Å². The number of morpholine rings is 1. The maximum atomic E-state index is 5.47. The van der Waals surface area contributed by atoms with Gasteiger partial charge in [-0.1, -0.05) is 0 Å². The summed E-state index contributed by atoms with van der Waals surface area (Å²) in [5.41, 5.74) is 5.41. The fourth-order valence-corrected chi connectivity index (χ4v) is 1.23. The Kier molecular flexibility index (Phi) is 5.86. The Hall–Kier alpha value is 0.170. The predicted molar refractivity (Wildman–Crippen MR) is 48.2 cm³/mol. The van der Waals surface area contributed by atoms with Crippen molar-refractivity contribution in [2.45, 2.75) is 12.5 Å². The molecular weight excluding hydrogens is 164 g/mol. The predicted octanol–water partition coefficient (Wildman–Crippen LogP) is 0.0876. The minimum absolute atomic E-state index is 0. The molecule has 1 aliphatic rings. The minimum atomic E-state index is 0. The average Bonchev–Trinajstić information content (AvgIpc) is 1.88. The van der Waals surface area contributed by atoms with Crippen molar-refractivity contribution in [1.82, 2.24) is 4.90 Å². The Balaban J connectivity index is 0.000001000. The molecule has 3 nitrogen and oxygen atoms in total. The van der Waals surface area contributed by atoms with Gasteiger partial charge >= 0.3 is 0 Å². The molecule has 0 aromatic heterocycles. The molecule has 1 aliphatic heterocycles. The molecule has 1 heterocycles. The number of ether oxygens (including phenoxy) is 1. The molecular formula is C7H17ClN2O. The second kappa shape index (κ2) is 5.77. The number of rotatable bonds is 2. The van der Waals surface area contributed by atoms with E-state index in [1.807, 2.05) is 0 Å². The van der Waals surface area contributed by atoms with Gasteiger partial charge in [0.2, 0.25) is 0 Å². The molecule has 1 rings (SSSR count). The van der Waals surface area contributed by atoms with Gasteiger partial charge in [0, 0.05) is 13.1 Å². The van der Waals surface area contributed by atoms with E-state index in [1.165, 1.54) is 0 Å². The maximum Gasteiger partial charge on any atom is 0.0714 e. The van der Waals surface area contributed by atoms with E-state index in [1.54, 1.807) is 0 Å². The van der Waals surface area contributed by atoms with E-state index < -0.39 is 0 Å². The van der Waals surface area contributed by atoms with Gasteiger partial charge in [-0.15, -0.1) is 12.4 Å². The lowest BCUT2D eigenvalue weighted by molar-refractivity contribution is -0.0218. The van der Waals surface area contributed by atoms with Crippen LogP contribution >= 0.6 is 12.4 Å². The van der Waals surface area contributed by atoms with Crippen LogP contribution in [0.5, 0.6) is 0 Å². The third-order valence-corrected chi connectivity index (χ3v) is 1.83. The van der Waals surface area contributed by atoms with Gasteiger partial charge in [-0.05, 0) is 20.0 Å². The lowest BCUT2D eigenvalue weighted by Gasteiger charge is -2.29. The summed E-state index contributed by atoms with van der Waals surface area (Å²) in [5, 5.41) is 0. The summed E-state index contributed by atoms with van der Waals surface area (Å²) < 4.78 is 5.47. The lowest BCUT2D eigenvalue weighted by atomic mass is 10.2. The van der Waals surface area contributed by atoms with Crippen molar-refractivity contribution in [2.24, 2.45) is 5.73 Å². The zero-order chi connectivity index (χ0) is 7.40. The maximum absolute atomic E-state index is 5.47. The summed E-state index contributed by atoms with van der Waals surface area (Å²) >= 11 is 0. The molecule has 68 valence electrons. The molecule has 0 amide bonds. The topological polar surface area (TPSA) is 38.5 Å². The Morgan fingerprint density at radius 3 is 2.91 bits per heavy atom. The number of hydrogen-bond acceptors (Lipinski definition) is 3. The van der Waals surface area contributed by atoms with E-state index in [4.69, 9.17) is 10.5 Å². The van der Waals surface area contributed by atoms with Crippen LogP contribution in [0.15, 0.2) is 0 Å². The Morgan fingerprint density at radius 1 is 1.64 bits per heavy atom. The van der Waals surface area contributed by atoms with Gasteiger partial charge in [0.15, 0.2) is 0 Å². The molecule has 0 aromatic rings. The van der Waals surface area contributed by atoms with Crippen LogP contribution in [-0.2, 0) is 4.74 Å². The van der Waals surface area contributed by atoms with Gasteiger partial charge in [-0.25, -0.2) is 0 Å². The molecule has 11 heavy (non-hydrogen) atoms. The van der Waals surface area contributed by atoms with Crippen LogP contribution in [-0.4, -0.2) is 44.3 Å². The Morgan fingerprint density at radius 2 is 2.36 bits per heavy atom. The van der Waals surface area contributed by atoms with Gasteiger partial charge in [-0.3, -0.25) is 0 Å². The van der Waals surface area contributed by atoms with Crippen LogP contribution in [0.2, 0.25) is 0 Å². The fourth-order valence-electron chi connectivity index (χ4n) is 1.23. The zero-order valence-electron chi connectivity index (χ0n) is 6.95. The van der Waals surface area contributed by atoms with Crippen molar-refractivity contribution in [3.8, 4) is 0 Å². The van der Waals surface area contributed by atoms with Crippen LogP contribution in [0, 0.1) is 0 Å². The molecule has 4 heteroatoms. The van der Waals surface area contributed by atoms with Crippen LogP contribution in [0.4, 0.5) is 0 Å². The van der Waals surface area contributed by atoms with E-state index in [2.05, 4.69) is 11.9 Å². The van der Waals surface area contributed by atoms with Crippen molar-refractivity contribution >= 4 is 12.4 Å². The minimum Gasteiger partial charge on any atom is -0.376 e. The second-order valence-corrected chi connectivity index (χ2v) is 2.83. The molecule has 1 atom stereocenters. The number of halogens is 1. The van der Waals surface area contributed by atoms with Crippen LogP contribution < -0.4 is 5.73 Å². The molecule has 0 unspecified atom stereocenters. The lowest BCUT2D eigenvalue weighted by Crippen LogP contribution is -2.40. The zero-order valence-corrected chi connectivity index (χ0v) is 7.77. The molecule has 0 saturated carbocycles. The molecule has 0 aliphatic carbocycles. The summed E-state index contributed by atoms with van der Waals surface area (Å²) in [6, 6.07) is 0. The first kappa shape index (κ1) is 11.2. The normalized spacial score (nSPS) is 26.2. The molecule has 1 saturated heterocycles. The molecule has 2 N–H and O–H groups in total. The first-order valence-corrected chi connectivity index (χ1v) is 3.83. The Bertz CT molecular complexity index is 100. The van der Waals surface area contributed by atoms with Crippen molar-refractivity contribution < 1.29 is 4.74 Å². The van der Waals surface area contributed by atoms with Crippen molar-refractivity contribution in [3.05, 3.63) is 0 Å². The van der Waals surface area contributed by atoms with E-state index in [0.717, 1.165) is 32.7 Å². The van der Waals surface area contributed by atoms with Crippen molar-refractivity contribution in [1.29, 1.82) is 0 Å². The summed E-state index contributed by atoms with van der Waals surface area (Å²) in [6.45, 7) is 3.69. The van der Waals surface area contributed by atoms with Crippen LogP contribution in [0.25, 0.3) is 0 Å². The molecule has 0 radical (unpaired) electrons. The van der Waals surface area contributed by atoms with Gasteiger partial charge < -0.3 is 15.4 Å². The second-order valence-electron chi connectivity index (χ2n) is 2.83. The van der Waals surface area contributed by atoms with Gasteiger partial charge in [0.05, 0.1) is 12.7 Å². The molecule has 0 aromatic carbocycles. The van der Waals surface area contributed by atoms with Gasteiger partial charge in [-0.2, -0.15) is 0 Å². The Labute approximate surface area is 74.3 Å². The first-order chi connectivity index (χ1) is 4.83. The molecule has 0 spiro atoms. The quantitative estimate of drug-likeness (QED) is 0.655. The van der Waals surface area contributed by atoms with E-state index in [0.29, 0.717) is 6.10 Å². The average molecular weight is 181 g/mol. The first-order valence-electron chi connectivity index (χ1n) is 3.83. The molecule has 0 bridgehead atoms. The number of nitrogens with two attached hydrogens (primary N) is 1. The highest BCUT2D eigenvalue weighted by Gasteiger charge is 2.15. The number of likely N-dealkylation sites (N-methyl/N-ethyl adjacent to an activating group) is 1. The number of nitrogens with zero attached hydrogens (tertiary/aromatic N) is 1. The van der Waals surface area contributed by atoms with Gasteiger partial charge in [0.25, 0.3) is 0 Å². The van der Waals surface area contributed by atoms with Crippen LogP contribution in [0.1, 0.15) is 6.42 Å². The van der Waals surface area contributed by atoms with Crippen LogP contribution in [0.3, 0.4) is 0 Å². The summed E-state index contributed by atoms with van der Waals surface area (Å²) in [7, 11) is 2.12. The highest BCUT2D eigenvalue weighted by atomic mass is 35.5. The van der Waals surface area contributed by atoms with E-state index in [-0.39, 0.29) is 12.4 Å². The largest absolute Gasteiger partial charge is 0.376 e. The fraction of sp³-hybridized carbons (Fsp3) is 1.00. The highest BCUT2D eigenvalue weighted by Crippen LogP contribution is 2.04. The standard InChI is InChI=1S/C7H16N2O.ClH/c1-9-4-5-10-7(6-9)2-3-8;/h7H,2-6,8H2,1H3;1H/t7-;/m0./s1. The third kappa shape index (κ3) is 3.91. The van der Waals surface area contributed by atoms with Gasteiger partial charge in [0.1, 0.15) is 0 Å². The summed E-state index contributed by atoms with van der Waals surface area (Å²) in [4.78, 5) is 2.28. The monoisotopic (exact) mass is 180 g/mol. The smallest absolute Gasteiger partial charge is 0.0714 e. The SMILES string of the molecule is CN1CCO[C@@H](CCN)C1.Cl. The number of hydrogen-bond donors (Lipinski definition) is 1. The third-order valence-electron chi connectivity index (χ3n) is 1.83. The summed E-state index contributed by atoms with van der Waals surface area (Å²) in [5.74, 6) is 0. The van der Waals surface area contributed by atoms with Crippen molar-refractivity contribution in [2.75, 3.05) is 33.3 Å². The van der Waals surface area contributed by atoms with E-state index in [9.17, 15) is 0 Å².